The zero-order valence-electron chi connectivity index (χ0n) is 10.9. The van der Waals surface area contributed by atoms with Crippen LogP contribution in [0.1, 0.15) is 0 Å². The van der Waals surface area contributed by atoms with Gasteiger partial charge in [0, 0.05) is 6.07 Å². The molecule has 0 aliphatic carbocycles. The van der Waals surface area contributed by atoms with Crippen molar-refractivity contribution in [2.45, 2.75) is 11.0 Å². The minimum absolute atomic E-state index is 0.0541. The predicted octanol–water partition coefficient (Wildman–Crippen LogP) is 0.0364. The molecular formula is C11H14N2O7S. The van der Waals surface area contributed by atoms with E-state index in [2.05, 4.69) is 0 Å². The minimum atomic E-state index is -4.02. The number of benzene rings is 1. The molecule has 1 aromatic rings. The quantitative estimate of drug-likeness (QED) is 0.598. The summed E-state index contributed by atoms with van der Waals surface area (Å²) in [4.78, 5) is 9.90. The van der Waals surface area contributed by atoms with Crippen LogP contribution in [0.4, 0.5) is 5.69 Å². The Kier molecular flexibility index (Phi) is 4.73. The summed E-state index contributed by atoms with van der Waals surface area (Å²) in [5.41, 5.74) is -0.474. The first-order valence-electron chi connectivity index (χ1n) is 6.01. The van der Waals surface area contributed by atoms with E-state index in [0.717, 1.165) is 12.1 Å². The number of primary sulfonamides is 1. The number of rotatable bonds is 5. The van der Waals surface area contributed by atoms with Crippen molar-refractivity contribution in [2.24, 2.45) is 5.14 Å². The molecule has 0 bridgehead atoms. The monoisotopic (exact) mass is 318 g/mol. The summed E-state index contributed by atoms with van der Waals surface area (Å²) in [5.74, 6) is -0.0541. The van der Waals surface area contributed by atoms with Crippen LogP contribution in [0.15, 0.2) is 23.1 Å². The topological polar surface area (TPSA) is 131 Å². The second-order valence-electron chi connectivity index (χ2n) is 4.31. The molecule has 1 atom stereocenters. The van der Waals surface area contributed by atoms with Crippen molar-refractivity contribution in [2.75, 3.05) is 26.4 Å². The molecule has 1 saturated heterocycles. The second kappa shape index (κ2) is 6.35. The van der Waals surface area contributed by atoms with Gasteiger partial charge in [0.15, 0.2) is 5.75 Å². The van der Waals surface area contributed by atoms with Crippen molar-refractivity contribution >= 4 is 15.7 Å². The SMILES string of the molecule is NS(=O)(=O)c1ccc(OCC2COCCO2)c([N+](=O)[O-])c1. The fourth-order valence-electron chi connectivity index (χ4n) is 1.75. The minimum Gasteiger partial charge on any atom is -0.484 e. The molecule has 0 saturated carbocycles. The Hall–Kier alpha value is -1.75. The lowest BCUT2D eigenvalue weighted by Crippen LogP contribution is -2.33. The van der Waals surface area contributed by atoms with Crippen LogP contribution < -0.4 is 9.88 Å². The number of hydrogen-bond donors (Lipinski definition) is 1. The molecule has 1 fully saturated rings. The number of hydrogen-bond acceptors (Lipinski definition) is 7. The Morgan fingerprint density at radius 2 is 2.19 bits per heavy atom. The number of nitro benzene ring substituents is 1. The first kappa shape index (κ1) is 15.6. The fourth-order valence-corrected chi connectivity index (χ4v) is 2.29. The first-order chi connectivity index (χ1) is 9.88. The summed E-state index contributed by atoms with van der Waals surface area (Å²) in [6, 6.07) is 3.21. The zero-order chi connectivity index (χ0) is 15.5. The molecule has 2 N–H and O–H groups in total. The fraction of sp³-hybridized carbons (Fsp3) is 0.455. The summed E-state index contributed by atoms with van der Waals surface area (Å²) in [6.07, 6.45) is -0.323. The van der Waals surface area contributed by atoms with Crippen LogP contribution in [0.25, 0.3) is 0 Å². The molecule has 0 spiro atoms. The number of nitrogens with two attached hydrogens (primary N) is 1. The van der Waals surface area contributed by atoms with Crippen molar-refractivity contribution in [3.8, 4) is 5.75 Å². The molecule has 10 heteroatoms. The van der Waals surface area contributed by atoms with Gasteiger partial charge in [-0.15, -0.1) is 0 Å². The molecular weight excluding hydrogens is 304 g/mol. The van der Waals surface area contributed by atoms with E-state index in [-0.39, 0.29) is 23.4 Å². The number of sulfonamides is 1. The van der Waals surface area contributed by atoms with Gasteiger partial charge in [0.05, 0.1) is 29.6 Å². The van der Waals surface area contributed by atoms with Gasteiger partial charge in [-0.3, -0.25) is 10.1 Å². The molecule has 116 valence electrons. The Labute approximate surface area is 120 Å². The van der Waals surface area contributed by atoms with Crippen molar-refractivity contribution in [3.63, 3.8) is 0 Å². The molecule has 1 aromatic carbocycles. The number of ether oxygens (including phenoxy) is 3. The third-order valence-electron chi connectivity index (χ3n) is 2.77. The summed E-state index contributed by atoms with van der Waals surface area (Å²) in [5, 5.41) is 15.9. The Morgan fingerprint density at radius 3 is 2.76 bits per heavy atom. The van der Waals surface area contributed by atoms with Gasteiger partial charge in [0.2, 0.25) is 10.0 Å². The molecule has 0 aromatic heterocycles. The van der Waals surface area contributed by atoms with E-state index in [0.29, 0.717) is 19.8 Å². The maximum Gasteiger partial charge on any atom is 0.312 e. The zero-order valence-corrected chi connectivity index (χ0v) is 11.7. The van der Waals surface area contributed by atoms with Gasteiger partial charge in [0.25, 0.3) is 0 Å². The molecule has 1 aliphatic rings. The normalized spacial score (nSPS) is 19.2. The highest BCUT2D eigenvalue weighted by molar-refractivity contribution is 7.89. The highest BCUT2D eigenvalue weighted by Crippen LogP contribution is 2.29. The molecule has 9 nitrogen and oxygen atoms in total. The van der Waals surface area contributed by atoms with Gasteiger partial charge in [-0.05, 0) is 12.1 Å². The lowest BCUT2D eigenvalue weighted by Gasteiger charge is -2.22. The van der Waals surface area contributed by atoms with Crippen LogP contribution in [0, 0.1) is 10.1 Å². The number of nitro groups is 1. The van der Waals surface area contributed by atoms with Crippen molar-refractivity contribution < 1.29 is 27.6 Å². The van der Waals surface area contributed by atoms with Crippen LogP contribution in [-0.2, 0) is 19.5 Å². The highest BCUT2D eigenvalue weighted by Gasteiger charge is 2.22. The Morgan fingerprint density at radius 1 is 1.43 bits per heavy atom. The summed E-state index contributed by atoms with van der Waals surface area (Å²) < 4.78 is 38.2. The molecule has 1 aliphatic heterocycles. The van der Waals surface area contributed by atoms with Crippen molar-refractivity contribution in [1.29, 1.82) is 0 Å². The average molecular weight is 318 g/mol. The van der Waals surface area contributed by atoms with E-state index in [1.165, 1.54) is 6.07 Å². The average Bonchev–Trinajstić information content (AvgIpc) is 2.45. The van der Waals surface area contributed by atoms with Crippen molar-refractivity contribution in [3.05, 3.63) is 28.3 Å². The summed E-state index contributed by atoms with van der Waals surface area (Å²) >= 11 is 0. The lowest BCUT2D eigenvalue weighted by molar-refractivity contribution is -0.386. The van der Waals surface area contributed by atoms with Crippen molar-refractivity contribution in [1.82, 2.24) is 0 Å². The van der Waals surface area contributed by atoms with Gasteiger partial charge >= 0.3 is 5.69 Å². The molecule has 0 amide bonds. The Balaban J connectivity index is 2.16. The van der Waals surface area contributed by atoms with E-state index in [1.807, 2.05) is 0 Å². The molecule has 1 heterocycles. The molecule has 0 radical (unpaired) electrons. The lowest BCUT2D eigenvalue weighted by atomic mass is 10.3. The van der Waals surface area contributed by atoms with Gasteiger partial charge < -0.3 is 14.2 Å². The second-order valence-corrected chi connectivity index (χ2v) is 5.87. The standard InChI is InChI=1S/C11H14N2O7S/c12-21(16,17)9-1-2-11(10(5-9)13(14)15)20-7-8-6-18-3-4-19-8/h1-2,5,8H,3-4,6-7H2,(H2,12,16,17). The first-order valence-corrected chi connectivity index (χ1v) is 7.56. The summed E-state index contributed by atoms with van der Waals surface area (Å²) in [6.45, 7) is 1.33. The molecule has 21 heavy (non-hydrogen) atoms. The van der Waals surface area contributed by atoms with Gasteiger partial charge in [-0.25, -0.2) is 13.6 Å². The van der Waals surface area contributed by atoms with E-state index < -0.39 is 20.6 Å². The van der Waals surface area contributed by atoms with Crippen LogP contribution in [0.3, 0.4) is 0 Å². The van der Waals surface area contributed by atoms with E-state index >= 15 is 0 Å². The smallest absolute Gasteiger partial charge is 0.312 e. The van der Waals surface area contributed by atoms with Crippen LogP contribution >= 0.6 is 0 Å². The maximum atomic E-state index is 11.2. The van der Waals surface area contributed by atoms with E-state index in [1.54, 1.807) is 0 Å². The van der Waals surface area contributed by atoms with Gasteiger partial charge in [-0.2, -0.15) is 0 Å². The highest BCUT2D eigenvalue weighted by atomic mass is 32.2. The van der Waals surface area contributed by atoms with E-state index in [4.69, 9.17) is 19.3 Å². The summed E-state index contributed by atoms with van der Waals surface area (Å²) in [7, 11) is -4.02. The third-order valence-corrected chi connectivity index (χ3v) is 3.68. The third kappa shape index (κ3) is 4.11. The largest absolute Gasteiger partial charge is 0.484 e. The number of nitrogens with zero attached hydrogens (tertiary/aromatic N) is 1. The van der Waals surface area contributed by atoms with Gasteiger partial charge in [0.1, 0.15) is 12.7 Å². The van der Waals surface area contributed by atoms with Crippen LogP contribution in [0.2, 0.25) is 0 Å². The van der Waals surface area contributed by atoms with Gasteiger partial charge in [-0.1, -0.05) is 0 Å². The Bertz CT molecular complexity index is 625. The molecule has 1 unspecified atom stereocenters. The van der Waals surface area contributed by atoms with Crippen LogP contribution in [0.5, 0.6) is 5.75 Å². The van der Waals surface area contributed by atoms with Crippen LogP contribution in [-0.4, -0.2) is 45.9 Å². The van der Waals surface area contributed by atoms with E-state index in [9.17, 15) is 18.5 Å². The predicted molar refractivity (Wildman–Crippen MR) is 70.5 cm³/mol. The maximum absolute atomic E-state index is 11.2. The molecule has 2 rings (SSSR count).